The Hall–Kier alpha value is -0.910. The second kappa shape index (κ2) is 6.74. The van der Waals surface area contributed by atoms with Gasteiger partial charge < -0.3 is 14.6 Å². The molecule has 0 unspecified atom stereocenters. The van der Waals surface area contributed by atoms with Crippen LogP contribution in [0.3, 0.4) is 0 Å². The highest BCUT2D eigenvalue weighted by Gasteiger charge is 2.13. The van der Waals surface area contributed by atoms with Crippen LogP contribution >= 0.6 is 0 Å². The third kappa shape index (κ3) is 4.11. The second-order valence-corrected chi connectivity index (χ2v) is 4.56. The van der Waals surface area contributed by atoms with E-state index in [1.54, 1.807) is 0 Å². The Morgan fingerprint density at radius 3 is 2.41 bits per heavy atom. The van der Waals surface area contributed by atoms with Gasteiger partial charge in [0.2, 0.25) is 0 Å². The number of hydrogen-bond acceptors (Lipinski definition) is 4. The van der Waals surface area contributed by atoms with Crippen molar-refractivity contribution in [2.45, 2.75) is 13.0 Å². The Balaban J connectivity index is 1.71. The first-order chi connectivity index (χ1) is 8.38. The molecule has 1 fully saturated rings. The first-order valence-electron chi connectivity index (χ1n) is 6.40. The number of aliphatic hydroxyl groups excluding tert-OH is 1. The lowest BCUT2D eigenvalue weighted by atomic mass is 10.4. The molecule has 0 spiro atoms. The number of aliphatic hydroxyl groups is 1. The minimum Gasteiger partial charge on any atom is -0.395 e. The van der Waals surface area contributed by atoms with Gasteiger partial charge in [-0.2, -0.15) is 0 Å². The van der Waals surface area contributed by atoms with E-state index in [1.165, 1.54) is 6.42 Å². The van der Waals surface area contributed by atoms with Crippen LogP contribution in [0.25, 0.3) is 0 Å². The van der Waals surface area contributed by atoms with E-state index < -0.39 is 0 Å². The van der Waals surface area contributed by atoms with Crippen LogP contribution in [0.15, 0.2) is 18.7 Å². The van der Waals surface area contributed by atoms with Crippen molar-refractivity contribution in [1.82, 2.24) is 19.4 Å². The van der Waals surface area contributed by atoms with Gasteiger partial charge in [-0.05, 0) is 19.5 Å². The summed E-state index contributed by atoms with van der Waals surface area (Å²) in [7, 11) is 0. The van der Waals surface area contributed by atoms with Crippen LogP contribution in [0.1, 0.15) is 6.42 Å². The topological polar surface area (TPSA) is 44.5 Å². The molecule has 1 N–H and O–H groups in total. The average Bonchev–Trinajstić information content (AvgIpc) is 2.75. The minimum atomic E-state index is 0.273. The van der Waals surface area contributed by atoms with Crippen LogP contribution in [-0.2, 0) is 6.54 Å². The standard InChI is InChI=1S/C12H22N4O/c17-11-10-15-4-1-3-14(6-7-15)8-9-16-5-2-13-12-16/h2,5,12,17H,1,3-4,6-11H2. The third-order valence-electron chi connectivity index (χ3n) is 3.33. The highest BCUT2D eigenvalue weighted by Crippen LogP contribution is 2.03. The van der Waals surface area contributed by atoms with Gasteiger partial charge in [0.25, 0.3) is 0 Å². The summed E-state index contributed by atoms with van der Waals surface area (Å²) in [4.78, 5) is 8.89. The van der Waals surface area contributed by atoms with Gasteiger partial charge in [-0.15, -0.1) is 0 Å². The van der Waals surface area contributed by atoms with Gasteiger partial charge in [0.1, 0.15) is 0 Å². The molecule has 1 aromatic rings. The molecule has 0 amide bonds. The van der Waals surface area contributed by atoms with E-state index in [4.69, 9.17) is 5.11 Å². The molecule has 1 aliphatic heterocycles. The van der Waals surface area contributed by atoms with Crippen molar-refractivity contribution in [2.75, 3.05) is 45.9 Å². The summed E-state index contributed by atoms with van der Waals surface area (Å²) < 4.78 is 2.12. The molecule has 5 heteroatoms. The molecule has 2 heterocycles. The smallest absolute Gasteiger partial charge is 0.0946 e. The van der Waals surface area contributed by atoms with Gasteiger partial charge in [0.05, 0.1) is 12.9 Å². The largest absolute Gasteiger partial charge is 0.395 e. The normalized spacial score (nSPS) is 19.4. The maximum absolute atomic E-state index is 8.94. The molecule has 0 radical (unpaired) electrons. The summed E-state index contributed by atoms with van der Waals surface area (Å²) in [5.41, 5.74) is 0. The zero-order valence-electron chi connectivity index (χ0n) is 10.3. The summed E-state index contributed by atoms with van der Waals surface area (Å²) in [6.07, 6.45) is 6.90. The molecule has 0 saturated carbocycles. The highest BCUT2D eigenvalue weighted by molar-refractivity contribution is 4.75. The Labute approximate surface area is 103 Å². The minimum absolute atomic E-state index is 0.273. The van der Waals surface area contributed by atoms with Crippen LogP contribution in [0.4, 0.5) is 0 Å². The lowest BCUT2D eigenvalue weighted by Crippen LogP contribution is -2.33. The molecule has 1 aromatic heterocycles. The van der Waals surface area contributed by atoms with E-state index in [1.807, 2.05) is 18.7 Å². The van der Waals surface area contributed by atoms with Gasteiger partial charge in [-0.25, -0.2) is 4.98 Å². The van der Waals surface area contributed by atoms with E-state index in [9.17, 15) is 0 Å². The first kappa shape index (κ1) is 12.5. The summed E-state index contributed by atoms with van der Waals surface area (Å²) in [5, 5.41) is 8.94. The van der Waals surface area contributed by atoms with E-state index >= 15 is 0 Å². The van der Waals surface area contributed by atoms with Crippen LogP contribution in [-0.4, -0.2) is 70.3 Å². The van der Waals surface area contributed by atoms with E-state index in [0.717, 1.165) is 45.8 Å². The fraction of sp³-hybridized carbons (Fsp3) is 0.750. The molecule has 1 aliphatic rings. The zero-order valence-corrected chi connectivity index (χ0v) is 10.3. The average molecular weight is 238 g/mol. The lowest BCUT2D eigenvalue weighted by Gasteiger charge is -2.21. The van der Waals surface area contributed by atoms with Crippen molar-refractivity contribution in [3.63, 3.8) is 0 Å². The Kier molecular flexibility index (Phi) is 4.97. The fourth-order valence-corrected chi connectivity index (χ4v) is 2.29. The van der Waals surface area contributed by atoms with E-state index in [-0.39, 0.29) is 6.61 Å². The number of hydrogen-bond donors (Lipinski definition) is 1. The molecule has 2 rings (SSSR count). The molecule has 17 heavy (non-hydrogen) atoms. The summed E-state index contributed by atoms with van der Waals surface area (Å²) in [6.45, 7) is 7.64. The maximum Gasteiger partial charge on any atom is 0.0946 e. The molecular weight excluding hydrogens is 216 g/mol. The van der Waals surface area contributed by atoms with Crippen molar-refractivity contribution >= 4 is 0 Å². The van der Waals surface area contributed by atoms with Gasteiger partial charge in [-0.1, -0.05) is 0 Å². The number of rotatable bonds is 5. The van der Waals surface area contributed by atoms with Gasteiger partial charge in [0.15, 0.2) is 0 Å². The van der Waals surface area contributed by atoms with E-state index in [2.05, 4.69) is 19.4 Å². The summed E-state index contributed by atoms with van der Waals surface area (Å²) >= 11 is 0. The van der Waals surface area contributed by atoms with Gasteiger partial charge in [-0.3, -0.25) is 4.90 Å². The Bertz CT molecular complexity index is 301. The molecular formula is C12H22N4O. The van der Waals surface area contributed by atoms with E-state index in [0.29, 0.717) is 0 Å². The molecule has 0 bridgehead atoms. The zero-order chi connectivity index (χ0) is 11.9. The first-order valence-corrected chi connectivity index (χ1v) is 6.40. The monoisotopic (exact) mass is 238 g/mol. The van der Waals surface area contributed by atoms with Crippen molar-refractivity contribution in [1.29, 1.82) is 0 Å². The number of nitrogens with zero attached hydrogens (tertiary/aromatic N) is 4. The number of imidazole rings is 1. The molecule has 0 aromatic carbocycles. The molecule has 1 saturated heterocycles. The van der Waals surface area contributed by atoms with Gasteiger partial charge >= 0.3 is 0 Å². The number of aromatic nitrogens is 2. The fourth-order valence-electron chi connectivity index (χ4n) is 2.29. The SMILES string of the molecule is OCCN1CCCN(CCn2ccnc2)CC1. The maximum atomic E-state index is 8.94. The van der Waals surface area contributed by atoms with Crippen molar-refractivity contribution < 1.29 is 5.11 Å². The van der Waals surface area contributed by atoms with Crippen LogP contribution in [0.5, 0.6) is 0 Å². The van der Waals surface area contributed by atoms with Crippen LogP contribution in [0, 0.1) is 0 Å². The lowest BCUT2D eigenvalue weighted by molar-refractivity contribution is 0.196. The summed E-state index contributed by atoms with van der Waals surface area (Å²) in [6, 6.07) is 0. The molecule has 0 atom stereocenters. The van der Waals surface area contributed by atoms with Crippen molar-refractivity contribution in [2.24, 2.45) is 0 Å². The highest BCUT2D eigenvalue weighted by atomic mass is 16.3. The quantitative estimate of drug-likeness (QED) is 0.777. The molecule has 96 valence electrons. The third-order valence-corrected chi connectivity index (χ3v) is 3.33. The van der Waals surface area contributed by atoms with Gasteiger partial charge in [0, 0.05) is 45.1 Å². The number of β-amino-alcohol motifs (C(OH)–C–C–N with tert-alkyl or cyclic N) is 1. The van der Waals surface area contributed by atoms with Crippen LogP contribution in [0.2, 0.25) is 0 Å². The second-order valence-electron chi connectivity index (χ2n) is 4.56. The predicted octanol–water partition coefficient (Wildman–Crippen LogP) is -0.117. The Morgan fingerprint density at radius 2 is 1.76 bits per heavy atom. The van der Waals surface area contributed by atoms with Crippen LogP contribution < -0.4 is 0 Å². The molecule has 0 aliphatic carbocycles. The predicted molar refractivity (Wildman–Crippen MR) is 66.8 cm³/mol. The molecule has 5 nitrogen and oxygen atoms in total. The van der Waals surface area contributed by atoms with Crippen molar-refractivity contribution in [3.05, 3.63) is 18.7 Å². The van der Waals surface area contributed by atoms with Crippen molar-refractivity contribution in [3.8, 4) is 0 Å². The Morgan fingerprint density at radius 1 is 1.00 bits per heavy atom. The summed E-state index contributed by atoms with van der Waals surface area (Å²) in [5.74, 6) is 0.